The Morgan fingerprint density at radius 1 is 1.38 bits per heavy atom. The number of aryl methyl sites for hydroxylation is 1. The van der Waals surface area contributed by atoms with Crippen molar-refractivity contribution in [2.75, 3.05) is 23.3 Å². The van der Waals surface area contributed by atoms with Crippen LogP contribution in [0.2, 0.25) is 0 Å². The molecule has 26 heavy (non-hydrogen) atoms. The Bertz CT molecular complexity index is 846. The van der Waals surface area contributed by atoms with Crippen molar-refractivity contribution in [3.05, 3.63) is 41.7 Å². The number of amides is 4. The Labute approximate surface area is 151 Å². The second-order valence-electron chi connectivity index (χ2n) is 6.65. The van der Waals surface area contributed by atoms with E-state index in [1.165, 1.54) is 5.69 Å². The third-order valence-corrected chi connectivity index (χ3v) is 4.95. The smallest absolute Gasteiger partial charge is 0.321 e. The van der Waals surface area contributed by atoms with Crippen LogP contribution in [0.1, 0.15) is 30.1 Å². The second kappa shape index (κ2) is 6.70. The predicted molar refractivity (Wildman–Crippen MR) is 98.2 cm³/mol. The Hall–Kier alpha value is -3.03. The van der Waals surface area contributed by atoms with E-state index in [1.54, 1.807) is 11.0 Å². The molecule has 1 unspecified atom stereocenters. The number of carbonyl (C=O) groups is 2. The number of urea groups is 2. The maximum absolute atomic E-state index is 12.5. The van der Waals surface area contributed by atoms with E-state index in [0.29, 0.717) is 18.8 Å². The summed E-state index contributed by atoms with van der Waals surface area (Å²) >= 11 is 0. The molecule has 1 aliphatic carbocycles. The Morgan fingerprint density at radius 3 is 3.08 bits per heavy atom. The highest BCUT2D eigenvalue weighted by atomic mass is 16.2. The maximum atomic E-state index is 12.5. The van der Waals surface area contributed by atoms with Crippen molar-refractivity contribution in [1.82, 2.24) is 20.4 Å². The number of fused-ring (bicyclic) bond motifs is 1. The van der Waals surface area contributed by atoms with Gasteiger partial charge in [0.15, 0.2) is 0 Å². The van der Waals surface area contributed by atoms with Gasteiger partial charge >= 0.3 is 12.1 Å². The number of nitrogens with one attached hydrogen (secondary N) is 3. The van der Waals surface area contributed by atoms with Gasteiger partial charge in [0, 0.05) is 42.8 Å². The lowest BCUT2D eigenvalue weighted by Crippen LogP contribution is -2.34. The fourth-order valence-corrected chi connectivity index (χ4v) is 3.65. The van der Waals surface area contributed by atoms with Crippen molar-refractivity contribution >= 4 is 23.4 Å². The van der Waals surface area contributed by atoms with Crippen molar-refractivity contribution in [2.24, 2.45) is 7.05 Å². The summed E-state index contributed by atoms with van der Waals surface area (Å²) in [6.45, 7) is 1.26. The van der Waals surface area contributed by atoms with Gasteiger partial charge in [0.25, 0.3) is 0 Å². The summed E-state index contributed by atoms with van der Waals surface area (Å²) in [5.74, 6) is 0. The van der Waals surface area contributed by atoms with Crippen LogP contribution in [0.25, 0.3) is 0 Å². The fraction of sp³-hybridized carbons (Fsp3) is 0.389. The van der Waals surface area contributed by atoms with Gasteiger partial charge in [0.2, 0.25) is 0 Å². The molecule has 4 amide bonds. The minimum absolute atomic E-state index is 0.0278. The van der Waals surface area contributed by atoms with Gasteiger partial charge in [-0.2, -0.15) is 5.10 Å². The van der Waals surface area contributed by atoms with Crippen LogP contribution in [0.15, 0.2) is 30.5 Å². The minimum Gasteiger partial charge on any atom is -0.336 e. The van der Waals surface area contributed by atoms with Crippen LogP contribution in [-0.4, -0.2) is 34.9 Å². The van der Waals surface area contributed by atoms with Gasteiger partial charge in [-0.3, -0.25) is 9.58 Å². The Morgan fingerprint density at radius 2 is 2.27 bits per heavy atom. The molecule has 1 saturated heterocycles. The molecule has 0 radical (unpaired) electrons. The monoisotopic (exact) mass is 354 g/mol. The predicted octanol–water partition coefficient (Wildman–Crippen LogP) is 2.15. The first-order valence-electron chi connectivity index (χ1n) is 8.85. The summed E-state index contributed by atoms with van der Waals surface area (Å²) in [7, 11) is 1.93. The maximum Gasteiger partial charge on any atom is 0.321 e. The molecule has 3 N–H and O–H groups in total. The molecule has 136 valence electrons. The summed E-state index contributed by atoms with van der Waals surface area (Å²) in [5, 5.41) is 13.0. The molecule has 1 aromatic carbocycles. The van der Waals surface area contributed by atoms with E-state index in [2.05, 4.69) is 21.0 Å². The Kier molecular flexibility index (Phi) is 4.24. The number of hydrogen-bond acceptors (Lipinski definition) is 3. The number of anilines is 2. The van der Waals surface area contributed by atoms with Crippen molar-refractivity contribution in [3.63, 3.8) is 0 Å². The largest absolute Gasteiger partial charge is 0.336 e. The van der Waals surface area contributed by atoms with Crippen molar-refractivity contribution < 1.29 is 9.59 Å². The zero-order valence-electron chi connectivity index (χ0n) is 14.7. The Balaban J connectivity index is 1.43. The number of hydrogen-bond donors (Lipinski definition) is 3. The molecular formula is C18H22N6O2. The molecule has 8 nitrogen and oxygen atoms in total. The van der Waals surface area contributed by atoms with Crippen LogP contribution in [0.4, 0.5) is 21.0 Å². The van der Waals surface area contributed by atoms with Crippen LogP contribution in [0, 0.1) is 0 Å². The van der Waals surface area contributed by atoms with Gasteiger partial charge in [0.05, 0.1) is 12.2 Å². The number of rotatable bonds is 3. The average Bonchev–Trinajstić information content (AvgIpc) is 3.22. The molecule has 0 bridgehead atoms. The summed E-state index contributed by atoms with van der Waals surface area (Å²) < 4.78 is 1.88. The molecule has 4 rings (SSSR count). The number of nitrogens with zero attached hydrogens (tertiary/aromatic N) is 3. The van der Waals surface area contributed by atoms with Crippen LogP contribution >= 0.6 is 0 Å². The molecule has 0 saturated carbocycles. The summed E-state index contributed by atoms with van der Waals surface area (Å²) in [6.07, 6.45) is 4.76. The normalized spacial score (nSPS) is 19.0. The average molecular weight is 354 g/mol. The molecule has 1 fully saturated rings. The van der Waals surface area contributed by atoms with Gasteiger partial charge in [-0.15, -0.1) is 0 Å². The van der Waals surface area contributed by atoms with Crippen LogP contribution in [0.5, 0.6) is 0 Å². The number of carbonyl (C=O) groups excluding carboxylic acids is 2. The molecule has 2 aliphatic rings. The number of benzene rings is 1. The van der Waals surface area contributed by atoms with Crippen molar-refractivity contribution in [3.8, 4) is 0 Å². The highest BCUT2D eigenvalue weighted by molar-refractivity contribution is 5.95. The summed E-state index contributed by atoms with van der Waals surface area (Å²) in [5.41, 5.74) is 3.70. The minimum atomic E-state index is -0.255. The highest BCUT2D eigenvalue weighted by Crippen LogP contribution is 2.29. The first kappa shape index (κ1) is 16.4. The molecular weight excluding hydrogens is 332 g/mol. The van der Waals surface area contributed by atoms with Crippen LogP contribution in [0.3, 0.4) is 0 Å². The van der Waals surface area contributed by atoms with E-state index >= 15 is 0 Å². The van der Waals surface area contributed by atoms with Gasteiger partial charge < -0.3 is 16.0 Å². The van der Waals surface area contributed by atoms with Gasteiger partial charge in [-0.1, -0.05) is 6.07 Å². The lowest BCUT2D eigenvalue weighted by molar-refractivity contribution is 0.247. The van der Waals surface area contributed by atoms with E-state index in [-0.39, 0.29) is 18.1 Å². The first-order chi connectivity index (χ1) is 12.6. The zero-order valence-corrected chi connectivity index (χ0v) is 14.7. The van der Waals surface area contributed by atoms with E-state index in [0.717, 1.165) is 30.5 Å². The first-order valence-corrected chi connectivity index (χ1v) is 8.85. The topological polar surface area (TPSA) is 91.3 Å². The van der Waals surface area contributed by atoms with Crippen LogP contribution < -0.4 is 20.9 Å². The third-order valence-electron chi connectivity index (χ3n) is 4.95. The standard InChI is InChI=1S/C18H22N6O2/c1-23-16-7-3-6-15(14(16)11-20-23)22-17(25)21-12-4-2-5-13(10-12)24-9-8-19-18(24)26/h2,4-5,10-11,15H,3,6-9H2,1H3,(H,19,26)(H2,21,22,25). The second-order valence-corrected chi connectivity index (χ2v) is 6.65. The van der Waals surface area contributed by atoms with Crippen molar-refractivity contribution in [2.45, 2.75) is 25.3 Å². The molecule has 2 aromatic rings. The van der Waals surface area contributed by atoms with Gasteiger partial charge in [0.1, 0.15) is 0 Å². The molecule has 1 aromatic heterocycles. The molecule has 8 heteroatoms. The van der Waals surface area contributed by atoms with E-state index < -0.39 is 0 Å². The van der Waals surface area contributed by atoms with Crippen molar-refractivity contribution in [1.29, 1.82) is 0 Å². The molecule has 0 spiro atoms. The molecule has 1 aliphatic heterocycles. The zero-order chi connectivity index (χ0) is 18.1. The number of aromatic nitrogens is 2. The summed E-state index contributed by atoms with van der Waals surface area (Å²) in [6, 6.07) is 6.91. The fourth-order valence-electron chi connectivity index (χ4n) is 3.65. The quantitative estimate of drug-likeness (QED) is 0.789. The van der Waals surface area contributed by atoms with Gasteiger partial charge in [-0.05, 0) is 37.5 Å². The van der Waals surface area contributed by atoms with Crippen LogP contribution in [-0.2, 0) is 13.5 Å². The van der Waals surface area contributed by atoms with E-state index in [1.807, 2.05) is 36.1 Å². The third kappa shape index (κ3) is 3.10. The summed E-state index contributed by atoms with van der Waals surface area (Å²) in [4.78, 5) is 25.9. The molecule has 1 atom stereocenters. The molecule has 2 heterocycles. The lowest BCUT2D eigenvalue weighted by atomic mass is 9.93. The van der Waals surface area contributed by atoms with E-state index in [4.69, 9.17) is 0 Å². The van der Waals surface area contributed by atoms with E-state index in [9.17, 15) is 9.59 Å². The highest BCUT2D eigenvalue weighted by Gasteiger charge is 2.25. The lowest BCUT2D eigenvalue weighted by Gasteiger charge is -2.24. The van der Waals surface area contributed by atoms with Gasteiger partial charge in [-0.25, -0.2) is 9.59 Å². The SMILES string of the molecule is Cn1ncc2c1CCCC2NC(=O)Nc1cccc(N2CCNC2=O)c1.